The predicted molar refractivity (Wildman–Crippen MR) is 69.1 cm³/mol. The minimum absolute atomic E-state index is 0.0784. The van der Waals surface area contributed by atoms with Gasteiger partial charge in [-0.3, -0.25) is 4.79 Å². The molecular formula is C13H17BrO2. The molecule has 0 aliphatic carbocycles. The molecule has 0 bridgehead atoms. The monoisotopic (exact) mass is 284 g/mol. The molecule has 0 N–H and O–H groups in total. The molecule has 88 valence electrons. The fraction of sp³-hybridized carbons (Fsp3) is 0.462. The highest BCUT2D eigenvalue weighted by Gasteiger charge is 2.17. The van der Waals surface area contributed by atoms with Crippen molar-refractivity contribution in [1.82, 2.24) is 0 Å². The molecule has 0 heterocycles. The van der Waals surface area contributed by atoms with Crippen LogP contribution in [0.15, 0.2) is 22.7 Å². The Kier molecular flexibility index (Phi) is 5.00. The molecule has 0 radical (unpaired) electrons. The summed E-state index contributed by atoms with van der Waals surface area (Å²) < 4.78 is 5.90. The van der Waals surface area contributed by atoms with E-state index in [9.17, 15) is 4.79 Å². The SMILES string of the molecule is CCCC(C)C(=O)c1ccc(OC)cc1Br. The van der Waals surface area contributed by atoms with E-state index in [-0.39, 0.29) is 11.7 Å². The molecule has 2 nitrogen and oxygen atoms in total. The molecule has 0 saturated carbocycles. The zero-order chi connectivity index (χ0) is 12.1. The summed E-state index contributed by atoms with van der Waals surface area (Å²) >= 11 is 3.41. The van der Waals surface area contributed by atoms with Gasteiger partial charge in [0.2, 0.25) is 0 Å². The van der Waals surface area contributed by atoms with E-state index in [2.05, 4.69) is 22.9 Å². The van der Waals surface area contributed by atoms with Crippen molar-refractivity contribution in [2.45, 2.75) is 26.7 Å². The summed E-state index contributed by atoms with van der Waals surface area (Å²) in [6.45, 7) is 4.06. The number of carbonyl (C=O) groups is 1. The third-order valence-electron chi connectivity index (χ3n) is 2.61. The van der Waals surface area contributed by atoms with E-state index in [1.165, 1.54) is 0 Å². The van der Waals surface area contributed by atoms with Crippen LogP contribution < -0.4 is 4.74 Å². The molecule has 1 atom stereocenters. The Bertz CT molecular complexity index is 374. The minimum atomic E-state index is 0.0784. The van der Waals surface area contributed by atoms with Gasteiger partial charge in [0.25, 0.3) is 0 Å². The fourth-order valence-electron chi connectivity index (χ4n) is 1.65. The van der Waals surface area contributed by atoms with E-state index in [0.29, 0.717) is 0 Å². The van der Waals surface area contributed by atoms with Gasteiger partial charge in [-0.2, -0.15) is 0 Å². The number of hydrogen-bond acceptors (Lipinski definition) is 2. The number of methoxy groups -OCH3 is 1. The van der Waals surface area contributed by atoms with E-state index >= 15 is 0 Å². The Morgan fingerprint density at radius 1 is 1.50 bits per heavy atom. The lowest BCUT2D eigenvalue weighted by Gasteiger charge is -2.11. The number of ether oxygens (including phenoxy) is 1. The van der Waals surface area contributed by atoms with Gasteiger partial charge in [-0.05, 0) is 40.5 Å². The van der Waals surface area contributed by atoms with E-state index in [1.807, 2.05) is 25.1 Å². The van der Waals surface area contributed by atoms with E-state index in [4.69, 9.17) is 4.74 Å². The summed E-state index contributed by atoms with van der Waals surface area (Å²) in [4.78, 5) is 12.1. The molecule has 1 aromatic rings. The standard InChI is InChI=1S/C13H17BrO2/c1-4-5-9(2)13(15)11-7-6-10(16-3)8-12(11)14/h6-9H,4-5H2,1-3H3. The highest BCUT2D eigenvalue weighted by Crippen LogP contribution is 2.26. The maximum absolute atomic E-state index is 12.1. The molecule has 1 rings (SSSR count). The van der Waals surface area contributed by atoms with Crippen LogP contribution in [0.4, 0.5) is 0 Å². The van der Waals surface area contributed by atoms with Crippen molar-refractivity contribution in [2.24, 2.45) is 5.92 Å². The average molecular weight is 285 g/mol. The van der Waals surface area contributed by atoms with Crippen LogP contribution in [0.5, 0.6) is 5.75 Å². The lowest BCUT2D eigenvalue weighted by Crippen LogP contribution is -2.11. The van der Waals surface area contributed by atoms with Gasteiger partial charge < -0.3 is 4.74 Å². The van der Waals surface area contributed by atoms with Crippen molar-refractivity contribution in [3.05, 3.63) is 28.2 Å². The van der Waals surface area contributed by atoms with Crippen LogP contribution in [-0.2, 0) is 0 Å². The van der Waals surface area contributed by atoms with Crippen molar-refractivity contribution in [3.8, 4) is 5.75 Å². The minimum Gasteiger partial charge on any atom is -0.497 e. The molecule has 0 aliphatic heterocycles. The average Bonchev–Trinajstić information content (AvgIpc) is 2.28. The number of halogens is 1. The van der Waals surface area contributed by atoms with Gasteiger partial charge in [-0.25, -0.2) is 0 Å². The van der Waals surface area contributed by atoms with Crippen molar-refractivity contribution in [1.29, 1.82) is 0 Å². The van der Waals surface area contributed by atoms with Crippen LogP contribution in [0.25, 0.3) is 0 Å². The molecule has 0 aromatic heterocycles. The first-order valence-corrected chi connectivity index (χ1v) is 6.27. The first-order chi connectivity index (χ1) is 7.60. The summed E-state index contributed by atoms with van der Waals surface area (Å²) in [6, 6.07) is 5.46. The van der Waals surface area contributed by atoms with Gasteiger partial charge in [0.05, 0.1) is 7.11 Å². The molecule has 3 heteroatoms. The number of rotatable bonds is 5. The van der Waals surface area contributed by atoms with Crippen molar-refractivity contribution < 1.29 is 9.53 Å². The predicted octanol–water partition coefficient (Wildman–Crippen LogP) is 4.08. The van der Waals surface area contributed by atoms with Gasteiger partial charge in [0.1, 0.15) is 5.75 Å². The Hall–Kier alpha value is -0.830. The van der Waals surface area contributed by atoms with Crippen molar-refractivity contribution in [2.75, 3.05) is 7.11 Å². The van der Waals surface area contributed by atoms with Gasteiger partial charge in [-0.15, -0.1) is 0 Å². The Morgan fingerprint density at radius 2 is 2.19 bits per heavy atom. The summed E-state index contributed by atoms with van der Waals surface area (Å²) in [7, 11) is 1.61. The Labute approximate surface area is 105 Å². The second-order valence-electron chi connectivity index (χ2n) is 3.90. The van der Waals surface area contributed by atoms with Gasteiger partial charge in [-0.1, -0.05) is 20.3 Å². The highest BCUT2D eigenvalue weighted by molar-refractivity contribution is 9.10. The first-order valence-electron chi connectivity index (χ1n) is 5.47. The quantitative estimate of drug-likeness (QED) is 0.762. The van der Waals surface area contributed by atoms with Crippen LogP contribution in [0.1, 0.15) is 37.0 Å². The van der Waals surface area contributed by atoms with Gasteiger partial charge >= 0.3 is 0 Å². The largest absolute Gasteiger partial charge is 0.497 e. The zero-order valence-electron chi connectivity index (χ0n) is 9.92. The number of Topliss-reactive ketones (excluding diaryl/α,β-unsaturated/α-hetero) is 1. The summed E-state index contributed by atoms with van der Waals surface area (Å²) in [5.74, 6) is 1.03. The Balaban J connectivity index is 2.91. The molecule has 0 fully saturated rings. The highest BCUT2D eigenvalue weighted by atomic mass is 79.9. The number of ketones is 1. The third kappa shape index (κ3) is 3.08. The number of carbonyl (C=O) groups excluding carboxylic acids is 1. The van der Waals surface area contributed by atoms with Crippen molar-refractivity contribution >= 4 is 21.7 Å². The summed E-state index contributed by atoms with van der Waals surface area (Å²) in [5.41, 5.74) is 0.738. The molecule has 0 aliphatic rings. The molecule has 0 amide bonds. The van der Waals surface area contributed by atoms with E-state index < -0.39 is 0 Å². The molecule has 16 heavy (non-hydrogen) atoms. The van der Waals surface area contributed by atoms with E-state index in [0.717, 1.165) is 28.6 Å². The van der Waals surface area contributed by atoms with Crippen LogP contribution in [-0.4, -0.2) is 12.9 Å². The second-order valence-corrected chi connectivity index (χ2v) is 4.75. The third-order valence-corrected chi connectivity index (χ3v) is 3.27. The van der Waals surface area contributed by atoms with Crippen molar-refractivity contribution in [3.63, 3.8) is 0 Å². The lowest BCUT2D eigenvalue weighted by atomic mass is 9.95. The van der Waals surface area contributed by atoms with Gasteiger partial charge in [0, 0.05) is 16.0 Å². The maximum atomic E-state index is 12.1. The number of benzene rings is 1. The lowest BCUT2D eigenvalue weighted by molar-refractivity contribution is 0.0923. The zero-order valence-corrected chi connectivity index (χ0v) is 11.5. The van der Waals surface area contributed by atoms with Crippen LogP contribution >= 0.6 is 15.9 Å². The Morgan fingerprint density at radius 3 is 2.69 bits per heavy atom. The molecular weight excluding hydrogens is 268 g/mol. The van der Waals surface area contributed by atoms with Crippen LogP contribution in [0.2, 0.25) is 0 Å². The fourth-order valence-corrected chi connectivity index (χ4v) is 2.21. The maximum Gasteiger partial charge on any atom is 0.166 e. The smallest absolute Gasteiger partial charge is 0.166 e. The normalized spacial score (nSPS) is 12.2. The molecule has 1 aromatic carbocycles. The molecule has 1 unspecified atom stereocenters. The van der Waals surface area contributed by atoms with Gasteiger partial charge in [0.15, 0.2) is 5.78 Å². The second kappa shape index (κ2) is 6.04. The van der Waals surface area contributed by atoms with E-state index in [1.54, 1.807) is 7.11 Å². The number of hydrogen-bond donors (Lipinski definition) is 0. The summed E-state index contributed by atoms with van der Waals surface area (Å²) in [6.07, 6.45) is 1.96. The molecule has 0 saturated heterocycles. The van der Waals surface area contributed by atoms with Crippen LogP contribution in [0.3, 0.4) is 0 Å². The topological polar surface area (TPSA) is 26.3 Å². The molecule has 0 spiro atoms. The van der Waals surface area contributed by atoms with Crippen LogP contribution in [0, 0.1) is 5.92 Å². The summed E-state index contributed by atoms with van der Waals surface area (Å²) in [5, 5.41) is 0. The first kappa shape index (κ1) is 13.2.